The zero-order chi connectivity index (χ0) is 27.3. The Hall–Kier alpha value is -4.66. The fourth-order valence-corrected chi connectivity index (χ4v) is 4.95. The maximum atomic E-state index is 9.03. The molecule has 6 rings (SSSR count). The molecule has 0 fully saturated rings. The normalized spacial score (nSPS) is 11.3. The van der Waals surface area contributed by atoms with E-state index in [0.717, 1.165) is 55.4 Å². The summed E-state index contributed by atoms with van der Waals surface area (Å²) in [6.45, 7) is 1.64. The number of fused-ring (bicyclic) bond motifs is 2. The van der Waals surface area contributed by atoms with Crippen molar-refractivity contribution in [2.45, 2.75) is 12.8 Å². The van der Waals surface area contributed by atoms with Gasteiger partial charge < -0.3 is 30.8 Å². The van der Waals surface area contributed by atoms with Crippen LogP contribution in [0.1, 0.15) is 12.8 Å². The topological polar surface area (TPSA) is 122 Å². The van der Waals surface area contributed by atoms with Gasteiger partial charge in [-0.05, 0) is 47.2 Å². The lowest BCUT2D eigenvalue weighted by atomic mass is 9.97. The van der Waals surface area contributed by atoms with Gasteiger partial charge in [0.2, 0.25) is 11.9 Å². The molecule has 0 amide bonds. The van der Waals surface area contributed by atoms with Gasteiger partial charge in [-0.2, -0.15) is 0 Å². The van der Waals surface area contributed by atoms with Gasteiger partial charge in [0.15, 0.2) is 0 Å². The number of nitrogens with zero attached hydrogens (tertiary/aromatic N) is 2. The fraction of sp³-hybridized carbons (Fsp3) is 0.188. The number of aliphatic hydroxyl groups is 2. The number of imidazole rings is 2. The number of aliphatic hydroxyl groups excluding tert-OH is 2. The van der Waals surface area contributed by atoms with E-state index in [0.29, 0.717) is 37.8 Å². The van der Waals surface area contributed by atoms with E-state index in [4.69, 9.17) is 20.2 Å². The van der Waals surface area contributed by atoms with Gasteiger partial charge in [0, 0.05) is 37.4 Å². The first-order chi connectivity index (χ1) is 19.7. The maximum absolute atomic E-state index is 9.03. The van der Waals surface area contributed by atoms with Crippen LogP contribution in [0.3, 0.4) is 0 Å². The van der Waals surface area contributed by atoms with Crippen molar-refractivity contribution in [1.82, 2.24) is 19.9 Å². The van der Waals surface area contributed by atoms with Crippen LogP contribution in [0.4, 0.5) is 11.9 Å². The van der Waals surface area contributed by atoms with E-state index < -0.39 is 0 Å². The van der Waals surface area contributed by atoms with E-state index in [1.165, 1.54) is 0 Å². The Morgan fingerprint density at radius 2 is 0.925 bits per heavy atom. The van der Waals surface area contributed by atoms with E-state index in [1.807, 2.05) is 24.3 Å². The Kier molecular flexibility index (Phi) is 7.43. The van der Waals surface area contributed by atoms with E-state index in [9.17, 15) is 0 Å². The number of benzene rings is 4. The Morgan fingerprint density at radius 3 is 1.32 bits per heavy atom. The molecule has 0 aliphatic heterocycles. The van der Waals surface area contributed by atoms with Crippen molar-refractivity contribution in [1.29, 1.82) is 0 Å². The van der Waals surface area contributed by atoms with Crippen molar-refractivity contribution < 1.29 is 10.2 Å². The van der Waals surface area contributed by atoms with Gasteiger partial charge in [0.05, 0.1) is 22.1 Å². The minimum atomic E-state index is 0.152. The number of rotatable bonds is 11. The monoisotopic (exact) mass is 532 g/mol. The Balaban J connectivity index is 1.22. The molecule has 4 aromatic carbocycles. The number of hydrogen-bond donors (Lipinski definition) is 6. The fourth-order valence-electron chi connectivity index (χ4n) is 4.95. The summed E-state index contributed by atoms with van der Waals surface area (Å²) in [5, 5.41) is 24.5. The molecule has 0 spiro atoms. The highest BCUT2D eigenvalue weighted by molar-refractivity contribution is 5.94. The summed E-state index contributed by atoms with van der Waals surface area (Å²) in [5.41, 5.74) is 10.4. The molecule has 0 unspecified atom stereocenters. The largest absolute Gasteiger partial charge is 0.396 e. The van der Waals surface area contributed by atoms with E-state index in [-0.39, 0.29) is 13.2 Å². The van der Waals surface area contributed by atoms with Crippen LogP contribution in [0.2, 0.25) is 0 Å². The quantitative estimate of drug-likeness (QED) is 0.113. The molecule has 0 aliphatic carbocycles. The first-order valence-corrected chi connectivity index (χ1v) is 13.6. The Morgan fingerprint density at radius 1 is 0.525 bits per heavy atom. The van der Waals surface area contributed by atoms with E-state index in [1.54, 1.807) is 0 Å². The summed E-state index contributed by atoms with van der Waals surface area (Å²) in [4.78, 5) is 16.1. The first kappa shape index (κ1) is 25.6. The van der Waals surface area contributed by atoms with Gasteiger partial charge in [-0.25, -0.2) is 9.97 Å². The van der Waals surface area contributed by atoms with Crippen LogP contribution in [-0.2, 0) is 0 Å². The first-order valence-electron chi connectivity index (χ1n) is 13.6. The Labute approximate surface area is 232 Å². The second kappa shape index (κ2) is 11.6. The molecule has 8 heteroatoms. The number of anilines is 2. The zero-order valence-corrected chi connectivity index (χ0v) is 22.1. The van der Waals surface area contributed by atoms with Crippen LogP contribution in [0.25, 0.3) is 55.4 Å². The van der Waals surface area contributed by atoms with Crippen molar-refractivity contribution in [3.05, 3.63) is 84.9 Å². The molecule has 0 bridgehead atoms. The number of aromatic nitrogens is 4. The minimum Gasteiger partial charge on any atom is -0.396 e. The highest BCUT2D eigenvalue weighted by atomic mass is 16.3. The second-order valence-electron chi connectivity index (χ2n) is 9.74. The molecule has 2 aromatic heterocycles. The van der Waals surface area contributed by atoms with Crippen molar-refractivity contribution in [3.63, 3.8) is 0 Å². The molecule has 2 heterocycles. The summed E-state index contributed by atoms with van der Waals surface area (Å²) in [5.74, 6) is 1.43. The predicted molar refractivity (Wildman–Crippen MR) is 162 cm³/mol. The summed E-state index contributed by atoms with van der Waals surface area (Å²) in [7, 11) is 0. The van der Waals surface area contributed by atoms with Gasteiger partial charge >= 0.3 is 0 Å². The third kappa shape index (κ3) is 5.27. The number of hydrogen-bond acceptors (Lipinski definition) is 6. The zero-order valence-electron chi connectivity index (χ0n) is 22.1. The molecule has 6 N–H and O–H groups in total. The maximum Gasteiger partial charge on any atom is 0.201 e. The van der Waals surface area contributed by atoms with Crippen molar-refractivity contribution in [2.75, 3.05) is 36.9 Å². The summed E-state index contributed by atoms with van der Waals surface area (Å²) in [6, 6.07) is 29.5. The van der Waals surface area contributed by atoms with Gasteiger partial charge in [0.25, 0.3) is 0 Å². The average molecular weight is 533 g/mol. The molecule has 40 heavy (non-hydrogen) atoms. The van der Waals surface area contributed by atoms with E-state index in [2.05, 4.69) is 81.3 Å². The number of aromatic amines is 2. The molecule has 0 saturated heterocycles. The van der Waals surface area contributed by atoms with Crippen LogP contribution in [0.15, 0.2) is 84.9 Å². The van der Waals surface area contributed by atoms with Crippen LogP contribution in [-0.4, -0.2) is 56.5 Å². The summed E-state index contributed by atoms with van der Waals surface area (Å²) >= 11 is 0. The lowest BCUT2D eigenvalue weighted by Crippen LogP contribution is -2.04. The highest BCUT2D eigenvalue weighted by Crippen LogP contribution is 2.32. The molecule has 8 nitrogen and oxygen atoms in total. The van der Waals surface area contributed by atoms with Crippen LogP contribution in [0, 0.1) is 0 Å². The summed E-state index contributed by atoms with van der Waals surface area (Å²) < 4.78 is 0. The molecular weight excluding hydrogens is 500 g/mol. The standard InChI is InChI=1S/C32H32N6O2/c39-19-3-17-33-31-35-27-7-1-5-25(29(27)37-31)23-13-9-21(10-14-23)22-11-15-24(16-12-22)26-6-2-8-28-30(26)38-32(36-28)34-18-4-20-40/h1-2,5-16,39-40H,3-4,17-20H2,(H2,33,35,37)(H2,34,36,38). The van der Waals surface area contributed by atoms with Crippen LogP contribution in [0.5, 0.6) is 0 Å². The number of para-hydroxylation sites is 2. The van der Waals surface area contributed by atoms with E-state index >= 15 is 0 Å². The summed E-state index contributed by atoms with van der Waals surface area (Å²) in [6.07, 6.45) is 1.35. The third-order valence-corrected chi connectivity index (χ3v) is 7.01. The lowest BCUT2D eigenvalue weighted by molar-refractivity contribution is 0.292. The van der Waals surface area contributed by atoms with Crippen molar-refractivity contribution >= 4 is 34.0 Å². The number of H-pyrrole nitrogens is 2. The molecular formula is C32H32N6O2. The van der Waals surface area contributed by atoms with Crippen LogP contribution < -0.4 is 10.6 Å². The molecule has 202 valence electrons. The van der Waals surface area contributed by atoms with Gasteiger partial charge in [-0.1, -0.05) is 72.8 Å². The minimum absolute atomic E-state index is 0.152. The predicted octanol–water partition coefficient (Wildman–Crippen LogP) is 6.03. The third-order valence-electron chi connectivity index (χ3n) is 7.01. The SMILES string of the molecule is OCCCNc1nc2c(-c3ccc(-c4ccc(-c5cccc6[nH]c(NCCCO)nc56)cc4)cc3)cccc2[nH]1. The highest BCUT2D eigenvalue weighted by Gasteiger charge is 2.11. The number of nitrogens with one attached hydrogen (secondary N) is 4. The van der Waals surface area contributed by atoms with Crippen molar-refractivity contribution in [2.24, 2.45) is 0 Å². The van der Waals surface area contributed by atoms with Gasteiger partial charge in [-0.15, -0.1) is 0 Å². The second-order valence-corrected chi connectivity index (χ2v) is 9.74. The van der Waals surface area contributed by atoms with Gasteiger partial charge in [-0.3, -0.25) is 0 Å². The lowest BCUT2D eigenvalue weighted by Gasteiger charge is -2.08. The molecule has 0 saturated carbocycles. The molecule has 0 aliphatic rings. The Bertz CT molecular complexity index is 1590. The van der Waals surface area contributed by atoms with Gasteiger partial charge in [0.1, 0.15) is 0 Å². The van der Waals surface area contributed by atoms with Crippen molar-refractivity contribution in [3.8, 4) is 33.4 Å². The smallest absolute Gasteiger partial charge is 0.201 e. The van der Waals surface area contributed by atoms with Crippen LogP contribution >= 0.6 is 0 Å². The molecule has 0 radical (unpaired) electrons. The average Bonchev–Trinajstić information content (AvgIpc) is 3.61. The molecule has 0 atom stereocenters. The molecule has 6 aromatic rings.